The standard InChI is InChI=1S/C49H30N2O3/c1-3-10-31(11-4-1)32-18-23-36(24-19-32)51(41-16-9-15-39-38-14-7-8-17-42(38)53-48(39)41)37-25-20-33(21-26-37)35-22-27-43-40(30-35)46-44(52-43)28-29-45-47(46)50-49(54-45)34-12-5-2-6-13-34/h1-30H. The maximum Gasteiger partial charge on any atom is 0.227 e. The Morgan fingerprint density at radius 2 is 0.944 bits per heavy atom. The average molecular weight is 695 g/mol. The lowest BCUT2D eigenvalue weighted by Gasteiger charge is -2.26. The zero-order chi connectivity index (χ0) is 35.6. The Morgan fingerprint density at radius 1 is 0.370 bits per heavy atom. The summed E-state index contributed by atoms with van der Waals surface area (Å²) in [4.78, 5) is 7.22. The van der Waals surface area contributed by atoms with Crippen molar-refractivity contribution < 1.29 is 13.3 Å². The largest absolute Gasteiger partial charge is 0.456 e. The van der Waals surface area contributed by atoms with Crippen molar-refractivity contribution in [3.63, 3.8) is 0 Å². The van der Waals surface area contributed by atoms with Gasteiger partial charge in [0.1, 0.15) is 22.3 Å². The van der Waals surface area contributed by atoms with E-state index < -0.39 is 0 Å². The summed E-state index contributed by atoms with van der Waals surface area (Å²) < 4.78 is 19.1. The second-order valence-electron chi connectivity index (χ2n) is 13.5. The summed E-state index contributed by atoms with van der Waals surface area (Å²) >= 11 is 0. The number of aromatic nitrogens is 1. The Bertz CT molecular complexity index is 3140. The van der Waals surface area contributed by atoms with Crippen LogP contribution in [0.5, 0.6) is 0 Å². The highest BCUT2D eigenvalue weighted by Crippen LogP contribution is 2.43. The van der Waals surface area contributed by atoms with Crippen molar-refractivity contribution in [2.75, 3.05) is 4.90 Å². The molecule has 0 saturated heterocycles. The second-order valence-corrected chi connectivity index (χ2v) is 13.5. The Balaban J connectivity index is 1.02. The van der Waals surface area contributed by atoms with Crippen molar-refractivity contribution in [1.29, 1.82) is 0 Å². The number of nitrogens with zero attached hydrogens (tertiary/aromatic N) is 2. The first kappa shape index (κ1) is 30.3. The molecule has 0 aliphatic rings. The molecule has 5 heteroatoms. The van der Waals surface area contributed by atoms with Gasteiger partial charge >= 0.3 is 0 Å². The summed E-state index contributed by atoms with van der Waals surface area (Å²) in [6.07, 6.45) is 0. The highest BCUT2D eigenvalue weighted by molar-refractivity contribution is 6.17. The molecule has 0 saturated carbocycles. The van der Waals surface area contributed by atoms with Crippen LogP contribution in [0.2, 0.25) is 0 Å². The van der Waals surface area contributed by atoms with Crippen LogP contribution in [0, 0.1) is 0 Å². The fraction of sp³-hybridized carbons (Fsp3) is 0. The first-order valence-corrected chi connectivity index (χ1v) is 18.0. The molecular formula is C49H30N2O3. The van der Waals surface area contributed by atoms with E-state index in [1.165, 1.54) is 5.56 Å². The molecular weight excluding hydrogens is 665 g/mol. The number of rotatable bonds is 6. The maximum atomic E-state index is 6.56. The Morgan fingerprint density at radius 3 is 1.70 bits per heavy atom. The van der Waals surface area contributed by atoms with Gasteiger partial charge in [-0.25, -0.2) is 4.98 Å². The number of hydrogen-bond donors (Lipinski definition) is 0. The van der Waals surface area contributed by atoms with Crippen LogP contribution in [0.1, 0.15) is 0 Å². The minimum atomic E-state index is 0.594. The summed E-state index contributed by atoms with van der Waals surface area (Å²) in [7, 11) is 0. The summed E-state index contributed by atoms with van der Waals surface area (Å²) in [6.45, 7) is 0. The Hall–Kier alpha value is -7.37. The zero-order valence-electron chi connectivity index (χ0n) is 28.9. The Kier molecular flexibility index (Phi) is 6.79. The molecule has 0 bridgehead atoms. The average Bonchev–Trinajstić information content (AvgIpc) is 3.96. The van der Waals surface area contributed by atoms with Gasteiger partial charge in [0.15, 0.2) is 11.2 Å². The topological polar surface area (TPSA) is 55.6 Å². The highest BCUT2D eigenvalue weighted by atomic mass is 16.4. The molecule has 0 aliphatic heterocycles. The molecule has 3 aromatic heterocycles. The molecule has 8 aromatic carbocycles. The molecule has 0 aliphatic carbocycles. The summed E-state index contributed by atoms with van der Waals surface area (Å²) in [5.41, 5.74) is 13.3. The fourth-order valence-corrected chi connectivity index (χ4v) is 7.71. The predicted molar refractivity (Wildman–Crippen MR) is 220 cm³/mol. The van der Waals surface area contributed by atoms with Crippen LogP contribution >= 0.6 is 0 Å². The van der Waals surface area contributed by atoms with Crippen molar-refractivity contribution in [1.82, 2.24) is 4.98 Å². The number of furan rings is 2. The quantitative estimate of drug-likeness (QED) is 0.173. The summed E-state index contributed by atoms with van der Waals surface area (Å²) in [5.74, 6) is 0.594. The smallest absolute Gasteiger partial charge is 0.227 e. The van der Waals surface area contributed by atoms with E-state index in [4.69, 9.17) is 18.2 Å². The number of fused-ring (bicyclic) bond motifs is 8. The summed E-state index contributed by atoms with van der Waals surface area (Å²) in [6, 6.07) is 62.8. The van der Waals surface area contributed by atoms with Gasteiger partial charge in [-0.15, -0.1) is 0 Å². The zero-order valence-corrected chi connectivity index (χ0v) is 28.9. The maximum absolute atomic E-state index is 6.56. The van der Waals surface area contributed by atoms with E-state index in [1.807, 2.05) is 66.7 Å². The molecule has 11 aromatic rings. The lowest BCUT2D eigenvalue weighted by Crippen LogP contribution is -2.10. The van der Waals surface area contributed by atoms with Gasteiger partial charge in [0.25, 0.3) is 0 Å². The van der Waals surface area contributed by atoms with Gasteiger partial charge < -0.3 is 18.2 Å². The molecule has 0 amide bonds. The van der Waals surface area contributed by atoms with Gasteiger partial charge in [-0.2, -0.15) is 0 Å². The van der Waals surface area contributed by atoms with E-state index in [0.29, 0.717) is 5.89 Å². The molecule has 11 rings (SSSR count). The van der Waals surface area contributed by atoms with Crippen LogP contribution in [0.4, 0.5) is 17.1 Å². The Labute approximate surface area is 309 Å². The van der Waals surface area contributed by atoms with Crippen molar-refractivity contribution >= 4 is 72.0 Å². The van der Waals surface area contributed by atoms with Crippen LogP contribution in [0.15, 0.2) is 195 Å². The monoisotopic (exact) mass is 694 g/mol. The van der Waals surface area contributed by atoms with Crippen LogP contribution in [0.25, 0.3) is 88.7 Å². The van der Waals surface area contributed by atoms with Crippen LogP contribution in [-0.4, -0.2) is 4.98 Å². The molecule has 0 spiro atoms. The normalized spacial score (nSPS) is 11.7. The van der Waals surface area contributed by atoms with Gasteiger partial charge in [0.2, 0.25) is 5.89 Å². The predicted octanol–water partition coefficient (Wildman–Crippen LogP) is 14.1. The molecule has 0 N–H and O–H groups in total. The third-order valence-electron chi connectivity index (χ3n) is 10.3. The number of benzene rings is 8. The lowest BCUT2D eigenvalue weighted by molar-refractivity contribution is 0.619. The van der Waals surface area contributed by atoms with Gasteiger partial charge in [-0.3, -0.25) is 0 Å². The van der Waals surface area contributed by atoms with Gasteiger partial charge in [0, 0.05) is 33.1 Å². The van der Waals surface area contributed by atoms with Crippen molar-refractivity contribution in [3.05, 3.63) is 182 Å². The van der Waals surface area contributed by atoms with E-state index in [9.17, 15) is 0 Å². The molecule has 0 atom stereocenters. The van der Waals surface area contributed by atoms with Crippen LogP contribution < -0.4 is 4.90 Å². The molecule has 3 heterocycles. The SMILES string of the molecule is c1ccc(-c2ccc(N(c3ccc(-c4ccc5oc6ccc7oc(-c8ccccc8)nc7c6c5c4)cc3)c3cccc4c3oc3ccccc34)cc2)cc1. The third-order valence-corrected chi connectivity index (χ3v) is 10.3. The molecule has 0 radical (unpaired) electrons. The minimum absolute atomic E-state index is 0.594. The fourth-order valence-electron chi connectivity index (χ4n) is 7.71. The van der Waals surface area contributed by atoms with Crippen LogP contribution in [0.3, 0.4) is 0 Å². The second kappa shape index (κ2) is 12.1. The van der Waals surface area contributed by atoms with Crippen molar-refractivity contribution in [2.24, 2.45) is 0 Å². The molecule has 0 unspecified atom stereocenters. The van der Waals surface area contributed by atoms with E-state index in [2.05, 4.69) is 120 Å². The van der Waals surface area contributed by atoms with E-state index in [0.717, 1.165) is 94.3 Å². The van der Waals surface area contributed by atoms with Crippen molar-refractivity contribution in [2.45, 2.75) is 0 Å². The number of oxazole rings is 1. The molecule has 54 heavy (non-hydrogen) atoms. The van der Waals surface area contributed by atoms with E-state index in [1.54, 1.807) is 0 Å². The lowest BCUT2D eigenvalue weighted by atomic mass is 10.0. The first-order chi connectivity index (χ1) is 26.7. The van der Waals surface area contributed by atoms with Crippen LogP contribution in [-0.2, 0) is 0 Å². The van der Waals surface area contributed by atoms with E-state index in [-0.39, 0.29) is 0 Å². The number of hydrogen-bond acceptors (Lipinski definition) is 5. The van der Waals surface area contributed by atoms with Crippen molar-refractivity contribution in [3.8, 4) is 33.7 Å². The van der Waals surface area contributed by atoms with Gasteiger partial charge in [0.05, 0.1) is 11.1 Å². The highest BCUT2D eigenvalue weighted by Gasteiger charge is 2.21. The van der Waals surface area contributed by atoms with E-state index >= 15 is 0 Å². The molecule has 254 valence electrons. The molecule has 0 fully saturated rings. The first-order valence-electron chi connectivity index (χ1n) is 18.0. The summed E-state index contributed by atoms with van der Waals surface area (Å²) in [5, 5.41) is 4.14. The number of para-hydroxylation sites is 2. The van der Waals surface area contributed by atoms with Gasteiger partial charge in [-0.05, 0) is 95.1 Å². The van der Waals surface area contributed by atoms with Gasteiger partial charge in [-0.1, -0.05) is 109 Å². The number of anilines is 3. The minimum Gasteiger partial charge on any atom is -0.456 e. The molecule has 5 nitrogen and oxygen atoms in total. The third kappa shape index (κ3) is 4.90.